The Hall–Kier alpha value is -1.98. The Morgan fingerprint density at radius 2 is 1.36 bits per heavy atom. The number of carbonyl (C=O) groups excluding carboxylic acids is 1. The Labute approximate surface area is 271 Å². The second-order valence-corrected chi connectivity index (χ2v) is 30.0. The van der Waals surface area contributed by atoms with Gasteiger partial charge in [0.25, 0.3) is 8.32 Å². The molecular weight excluding hydrogens is 597 g/mol. The van der Waals surface area contributed by atoms with Gasteiger partial charge in [-0.15, -0.1) is 0 Å². The lowest BCUT2D eigenvalue weighted by molar-refractivity contribution is -0.0199. The van der Waals surface area contributed by atoms with E-state index in [0.717, 1.165) is 12.8 Å². The van der Waals surface area contributed by atoms with Gasteiger partial charge in [0, 0.05) is 6.42 Å². The highest BCUT2D eigenvalue weighted by molar-refractivity contribution is 6.99. The molecule has 1 heterocycles. The highest BCUT2D eigenvalue weighted by Crippen LogP contribution is 2.41. The third-order valence-electron chi connectivity index (χ3n) is 9.37. The van der Waals surface area contributed by atoms with Crippen LogP contribution in [0.2, 0.25) is 42.8 Å². The quantitative estimate of drug-likeness (QED) is 0.179. The Morgan fingerprint density at radius 1 is 0.841 bits per heavy atom. The van der Waals surface area contributed by atoms with Crippen LogP contribution in [-0.4, -0.2) is 55.8 Å². The van der Waals surface area contributed by atoms with E-state index in [9.17, 15) is 4.79 Å². The van der Waals surface area contributed by atoms with E-state index in [4.69, 9.17) is 18.3 Å². The zero-order valence-electron chi connectivity index (χ0n) is 29.5. The lowest BCUT2D eigenvalue weighted by atomic mass is 10.1. The van der Waals surface area contributed by atoms with Gasteiger partial charge < -0.3 is 18.3 Å². The molecule has 5 nitrogen and oxygen atoms in total. The summed E-state index contributed by atoms with van der Waals surface area (Å²) in [5.41, 5.74) is 0. The van der Waals surface area contributed by atoms with Crippen LogP contribution >= 0.6 is 0 Å². The molecule has 0 N–H and O–H groups in total. The first-order chi connectivity index (χ1) is 20.3. The summed E-state index contributed by atoms with van der Waals surface area (Å²) in [5, 5.41) is 3.43. The fourth-order valence-electron chi connectivity index (χ4n) is 5.86. The summed E-state index contributed by atoms with van der Waals surface area (Å²) in [7, 11) is -6.97. The van der Waals surface area contributed by atoms with Crippen LogP contribution in [0.4, 0.5) is 4.79 Å². The van der Waals surface area contributed by atoms with Gasteiger partial charge in [-0.05, 0) is 45.2 Å². The number of ether oxygens (including phenoxy) is 2. The molecule has 8 heteroatoms. The fourth-order valence-corrected chi connectivity index (χ4v) is 13.5. The van der Waals surface area contributed by atoms with Crippen LogP contribution in [0.5, 0.6) is 0 Å². The minimum atomic E-state index is -2.97. The molecule has 0 aromatic heterocycles. The van der Waals surface area contributed by atoms with Crippen LogP contribution in [0.25, 0.3) is 0 Å². The topological polar surface area (TPSA) is 54.0 Å². The van der Waals surface area contributed by atoms with E-state index < -0.39 is 49.2 Å². The normalized spacial score (nSPS) is 21.0. The first-order valence-corrected chi connectivity index (χ1v) is 24.7. The van der Waals surface area contributed by atoms with Gasteiger partial charge in [0.15, 0.2) is 14.4 Å². The van der Waals surface area contributed by atoms with Gasteiger partial charge in [-0.1, -0.05) is 141 Å². The highest BCUT2D eigenvalue weighted by Gasteiger charge is 2.54. The van der Waals surface area contributed by atoms with Crippen LogP contribution in [0.15, 0.2) is 71.9 Å². The Bertz CT molecular complexity index is 1200. The van der Waals surface area contributed by atoms with E-state index in [1.165, 1.54) is 15.6 Å². The maximum Gasteiger partial charge on any atom is 0.509 e. The molecule has 0 bridgehead atoms. The molecule has 0 unspecified atom stereocenters. The number of hydrogen-bond donors (Lipinski definition) is 0. The van der Waals surface area contributed by atoms with Crippen molar-refractivity contribution >= 4 is 41.2 Å². The SMILES string of the molecule is CCC/C=C(/[C@@H]1C[C@H](O[Si](c2ccccc2)(c2ccccc2)C(C)(C)C)[C@@H](CO[Si](C)(C)C(C)(C)C)OC(=O)O1)[Si](C)(C)C. The van der Waals surface area contributed by atoms with Crippen LogP contribution in [0.1, 0.15) is 67.7 Å². The maximum atomic E-state index is 13.4. The second-order valence-electron chi connectivity index (χ2n) is 15.8. The summed E-state index contributed by atoms with van der Waals surface area (Å²) in [6.45, 7) is 27.4. The van der Waals surface area contributed by atoms with E-state index in [-0.39, 0.29) is 16.7 Å². The fraction of sp³-hybridized carbons (Fsp3) is 0.583. The van der Waals surface area contributed by atoms with Gasteiger partial charge in [-0.25, -0.2) is 4.79 Å². The number of unbranched alkanes of at least 4 members (excludes halogenated alkanes) is 1. The van der Waals surface area contributed by atoms with Crippen molar-refractivity contribution in [2.45, 2.75) is 129 Å². The number of hydrogen-bond acceptors (Lipinski definition) is 5. The van der Waals surface area contributed by atoms with E-state index in [1.807, 2.05) is 0 Å². The summed E-state index contributed by atoms with van der Waals surface area (Å²) in [4.78, 5) is 13.4. The summed E-state index contributed by atoms with van der Waals surface area (Å²) < 4.78 is 26.8. The molecule has 1 aliphatic heterocycles. The molecule has 2 aromatic rings. The Balaban J connectivity index is 2.23. The molecule has 0 radical (unpaired) electrons. The predicted octanol–water partition coefficient (Wildman–Crippen LogP) is 8.85. The summed E-state index contributed by atoms with van der Waals surface area (Å²) in [6.07, 6.45) is 2.77. The van der Waals surface area contributed by atoms with Crippen molar-refractivity contribution < 1.29 is 23.1 Å². The van der Waals surface area contributed by atoms with Gasteiger partial charge in [-0.3, -0.25) is 0 Å². The lowest BCUT2D eigenvalue weighted by Gasteiger charge is -2.46. The molecule has 1 fully saturated rings. The zero-order chi connectivity index (χ0) is 33.0. The standard InChI is InChI=1S/C36H58O5Si3/c1-13-14-25-33(42(8,9)10)31-26-30(32(40-34(37)39-31)27-38-43(11,12)35(2,3)4)41-44(36(5,6)7,28-21-17-15-18-22-28)29-23-19-16-20-24-29/h15-25,30-32H,13-14,26-27H2,1-12H3/b33-25-/t30-,31-,32+/m0/s1. The molecule has 244 valence electrons. The van der Waals surface area contributed by atoms with Gasteiger partial charge in [0.2, 0.25) is 0 Å². The Morgan fingerprint density at radius 3 is 1.80 bits per heavy atom. The lowest BCUT2D eigenvalue weighted by Crippen LogP contribution is -2.68. The van der Waals surface area contributed by atoms with Crippen molar-refractivity contribution in [2.24, 2.45) is 0 Å². The number of benzene rings is 2. The predicted molar refractivity (Wildman–Crippen MR) is 192 cm³/mol. The molecule has 2 aromatic carbocycles. The molecule has 1 aliphatic rings. The highest BCUT2D eigenvalue weighted by atomic mass is 28.4. The van der Waals surface area contributed by atoms with Crippen LogP contribution in [-0.2, 0) is 18.3 Å². The van der Waals surface area contributed by atoms with E-state index >= 15 is 0 Å². The van der Waals surface area contributed by atoms with Gasteiger partial charge >= 0.3 is 6.16 Å². The molecule has 44 heavy (non-hydrogen) atoms. The molecule has 0 aliphatic carbocycles. The van der Waals surface area contributed by atoms with Crippen LogP contribution in [0.3, 0.4) is 0 Å². The third-order valence-corrected chi connectivity index (χ3v) is 21.2. The summed E-state index contributed by atoms with van der Waals surface area (Å²) in [6, 6.07) is 21.3. The molecule has 0 amide bonds. The van der Waals surface area contributed by atoms with Crippen molar-refractivity contribution in [1.82, 2.24) is 0 Å². The minimum absolute atomic E-state index is 0.0169. The second kappa shape index (κ2) is 14.2. The number of rotatable bonds is 11. The molecule has 3 rings (SSSR count). The minimum Gasteiger partial charge on any atom is -0.427 e. The van der Waals surface area contributed by atoms with Crippen molar-refractivity contribution in [3.63, 3.8) is 0 Å². The van der Waals surface area contributed by atoms with Gasteiger partial charge in [-0.2, -0.15) is 0 Å². The van der Waals surface area contributed by atoms with Crippen LogP contribution in [0, 0.1) is 0 Å². The average molecular weight is 655 g/mol. The first kappa shape index (κ1) is 36.5. The van der Waals surface area contributed by atoms with Crippen molar-refractivity contribution in [3.05, 3.63) is 71.9 Å². The Kier molecular flexibility index (Phi) is 11.8. The van der Waals surface area contributed by atoms with Crippen molar-refractivity contribution in [1.29, 1.82) is 0 Å². The number of allylic oxidation sites excluding steroid dienone is 1. The number of cyclic esters (lactones) is 2. The first-order valence-electron chi connectivity index (χ1n) is 16.3. The van der Waals surface area contributed by atoms with Gasteiger partial charge in [0.05, 0.1) is 20.8 Å². The smallest absolute Gasteiger partial charge is 0.427 e. The molecule has 1 saturated heterocycles. The molecule has 3 atom stereocenters. The van der Waals surface area contributed by atoms with Crippen LogP contribution < -0.4 is 10.4 Å². The third kappa shape index (κ3) is 8.43. The summed E-state index contributed by atoms with van der Waals surface area (Å²) in [5.74, 6) is 0. The molecule has 0 saturated carbocycles. The zero-order valence-corrected chi connectivity index (χ0v) is 32.5. The van der Waals surface area contributed by atoms with Crippen molar-refractivity contribution in [2.75, 3.05) is 6.61 Å². The van der Waals surface area contributed by atoms with Crippen molar-refractivity contribution in [3.8, 4) is 0 Å². The van der Waals surface area contributed by atoms with Gasteiger partial charge in [0.1, 0.15) is 6.10 Å². The average Bonchev–Trinajstić information content (AvgIpc) is 3.07. The molecule has 0 spiro atoms. The maximum absolute atomic E-state index is 13.4. The largest absolute Gasteiger partial charge is 0.509 e. The van der Waals surface area contributed by atoms with E-state index in [2.05, 4.69) is 148 Å². The van der Waals surface area contributed by atoms with E-state index in [0.29, 0.717) is 6.42 Å². The monoisotopic (exact) mass is 654 g/mol. The number of carbonyl (C=O) groups is 1. The van der Waals surface area contributed by atoms with E-state index in [1.54, 1.807) is 0 Å². The summed E-state index contributed by atoms with van der Waals surface area (Å²) >= 11 is 0. The molecular formula is C36H58O5Si3.